The first-order valence-corrected chi connectivity index (χ1v) is 11.3. The number of aliphatic carboxylic acids is 1. The number of aliphatic hydroxyl groups is 1. The van der Waals surface area contributed by atoms with Gasteiger partial charge in [0, 0.05) is 6.42 Å². The number of aliphatic hydroxyl groups excluding tert-OH is 1. The van der Waals surface area contributed by atoms with Crippen LogP contribution in [0.4, 0.5) is 0 Å². The molecular weight excluding hydrogens is 336 g/mol. The lowest BCUT2D eigenvalue weighted by Crippen LogP contribution is -2.50. The van der Waals surface area contributed by atoms with Gasteiger partial charge in [-0.15, -0.1) is 0 Å². The van der Waals surface area contributed by atoms with Gasteiger partial charge in [0.2, 0.25) is 0 Å². The van der Waals surface area contributed by atoms with Crippen LogP contribution in [0.2, 0.25) is 0 Å². The maximum Gasteiger partial charge on any atom is 0.303 e. The third-order valence-electron chi connectivity index (χ3n) is 9.65. The first kappa shape index (κ1) is 19.5. The zero-order valence-corrected chi connectivity index (χ0v) is 17.4. The molecule has 0 saturated heterocycles. The van der Waals surface area contributed by atoms with Gasteiger partial charge in [0.1, 0.15) is 0 Å². The molecule has 152 valence electrons. The minimum absolute atomic E-state index is 0.124. The second-order valence-corrected chi connectivity index (χ2v) is 10.8. The van der Waals surface area contributed by atoms with Crippen LogP contribution in [0, 0.1) is 40.4 Å². The Morgan fingerprint density at radius 3 is 2.70 bits per heavy atom. The molecule has 4 aliphatic rings. The molecule has 0 heterocycles. The predicted molar refractivity (Wildman–Crippen MR) is 107 cm³/mol. The van der Waals surface area contributed by atoms with Crippen molar-refractivity contribution in [2.45, 2.75) is 91.1 Å². The topological polar surface area (TPSA) is 57.5 Å². The van der Waals surface area contributed by atoms with Gasteiger partial charge < -0.3 is 10.2 Å². The number of carbonyl (C=O) groups is 1. The van der Waals surface area contributed by atoms with E-state index in [2.05, 4.69) is 26.8 Å². The van der Waals surface area contributed by atoms with Crippen LogP contribution in [0.1, 0.15) is 85.0 Å². The largest absolute Gasteiger partial charge is 0.481 e. The summed E-state index contributed by atoms with van der Waals surface area (Å²) < 4.78 is 0. The highest BCUT2D eigenvalue weighted by atomic mass is 16.4. The van der Waals surface area contributed by atoms with E-state index in [1.54, 1.807) is 5.57 Å². The van der Waals surface area contributed by atoms with E-state index in [1.165, 1.54) is 32.1 Å². The molecule has 4 aliphatic carbocycles. The summed E-state index contributed by atoms with van der Waals surface area (Å²) in [5.41, 5.74) is 2.27. The van der Waals surface area contributed by atoms with Crippen LogP contribution in [-0.4, -0.2) is 22.3 Å². The van der Waals surface area contributed by atoms with Crippen LogP contribution in [0.5, 0.6) is 0 Å². The lowest BCUT2D eigenvalue weighted by Gasteiger charge is -2.58. The molecule has 0 unspecified atom stereocenters. The summed E-state index contributed by atoms with van der Waals surface area (Å²) in [5.74, 6) is 2.94. The van der Waals surface area contributed by atoms with E-state index in [9.17, 15) is 9.90 Å². The number of hydrogen-bond donors (Lipinski definition) is 2. The van der Waals surface area contributed by atoms with Crippen LogP contribution in [0.3, 0.4) is 0 Å². The van der Waals surface area contributed by atoms with Crippen molar-refractivity contribution in [3.05, 3.63) is 11.6 Å². The summed E-state index contributed by atoms with van der Waals surface area (Å²) in [5, 5.41) is 19.2. The van der Waals surface area contributed by atoms with Crippen LogP contribution >= 0.6 is 0 Å². The molecule has 0 aliphatic heterocycles. The molecule has 2 N–H and O–H groups in total. The van der Waals surface area contributed by atoms with E-state index in [0.29, 0.717) is 29.1 Å². The molecule has 0 bridgehead atoms. The van der Waals surface area contributed by atoms with E-state index in [0.717, 1.165) is 43.4 Å². The number of carboxylic acids is 1. The smallest absolute Gasteiger partial charge is 0.303 e. The molecule has 0 aromatic heterocycles. The predicted octanol–water partition coefficient (Wildman–Crippen LogP) is 5.43. The van der Waals surface area contributed by atoms with Gasteiger partial charge in [0.25, 0.3) is 0 Å². The van der Waals surface area contributed by atoms with Gasteiger partial charge in [0.05, 0.1) is 6.10 Å². The molecule has 27 heavy (non-hydrogen) atoms. The van der Waals surface area contributed by atoms with Crippen LogP contribution in [0.25, 0.3) is 0 Å². The molecule has 8 atom stereocenters. The summed E-state index contributed by atoms with van der Waals surface area (Å²) in [4.78, 5) is 11.0. The van der Waals surface area contributed by atoms with Gasteiger partial charge in [0.15, 0.2) is 0 Å². The van der Waals surface area contributed by atoms with Crippen LogP contribution in [-0.2, 0) is 4.79 Å². The summed E-state index contributed by atoms with van der Waals surface area (Å²) >= 11 is 0. The average Bonchev–Trinajstić information content (AvgIpc) is 2.97. The fraction of sp³-hybridized carbons (Fsp3) is 0.875. The molecule has 0 radical (unpaired) electrons. The highest BCUT2D eigenvalue weighted by molar-refractivity contribution is 5.66. The van der Waals surface area contributed by atoms with E-state index >= 15 is 0 Å². The maximum atomic E-state index is 11.0. The van der Waals surface area contributed by atoms with Crippen LogP contribution < -0.4 is 0 Å². The standard InChI is InChI=1S/C24H38O3/c1-15(4-9-22(26)27)19-7-8-20-18-6-5-16-14-17(25)10-12-23(16,2)21(18)11-13-24(19,20)3/h5,15,17-21,25H,4,6-14H2,1-3H3,(H,26,27)/t15-,17+,18-,19+,20-,21-,23+,24-/m1/s1. The summed E-state index contributed by atoms with van der Waals surface area (Å²) in [7, 11) is 0. The van der Waals surface area contributed by atoms with Crippen LogP contribution in [0.15, 0.2) is 11.6 Å². The van der Waals surface area contributed by atoms with E-state index < -0.39 is 5.97 Å². The van der Waals surface area contributed by atoms with Crippen molar-refractivity contribution in [3.8, 4) is 0 Å². The van der Waals surface area contributed by atoms with Crippen molar-refractivity contribution >= 4 is 5.97 Å². The van der Waals surface area contributed by atoms with Gasteiger partial charge in [-0.3, -0.25) is 4.79 Å². The number of carboxylic acid groups (broad SMARTS) is 1. The Labute approximate surface area is 164 Å². The maximum absolute atomic E-state index is 11.0. The van der Waals surface area contributed by atoms with Crippen molar-refractivity contribution < 1.29 is 15.0 Å². The van der Waals surface area contributed by atoms with Crippen molar-refractivity contribution in [3.63, 3.8) is 0 Å². The second-order valence-electron chi connectivity index (χ2n) is 10.8. The Kier molecular flexibility index (Phi) is 4.98. The zero-order chi connectivity index (χ0) is 19.4. The number of rotatable bonds is 4. The molecule has 0 amide bonds. The Hall–Kier alpha value is -0.830. The van der Waals surface area contributed by atoms with Gasteiger partial charge in [-0.25, -0.2) is 0 Å². The number of hydrogen-bond acceptors (Lipinski definition) is 2. The zero-order valence-electron chi connectivity index (χ0n) is 17.4. The van der Waals surface area contributed by atoms with Crippen molar-refractivity contribution in [2.24, 2.45) is 40.4 Å². The minimum atomic E-state index is -0.650. The molecule has 3 fully saturated rings. The summed E-state index contributed by atoms with van der Waals surface area (Å²) in [6.07, 6.45) is 13.0. The fourth-order valence-electron chi connectivity index (χ4n) is 8.17. The third-order valence-corrected chi connectivity index (χ3v) is 9.65. The normalized spacial score (nSPS) is 47.4. The Morgan fingerprint density at radius 2 is 1.96 bits per heavy atom. The molecule has 3 heteroatoms. The summed E-state index contributed by atoms with van der Waals surface area (Å²) in [6, 6.07) is 0. The molecule has 0 aromatic carbocycles. The highest BCUT2D eigenvalue weighted by Crippen LogP contribution is 2.67. The van der Waals surface area contributed by atoms with E-state index in [4.69, 9.17) is 5.11 Å². The third kappa shape index (κ3) is 3.09. The number of fused-ring (bicyclic) bond motifs is 5. The fourth-order valence-corrected chi connectivity index (χ4v) is 8.17. The molecule has 0 spiro atoms. The SMILES string of the molecule is C[C@H](CCC(=O)O)[C@@H]1CC[C@@H]2[C@H]3CC=C4C[C@@H](O)CC[C@]4(C)[C@@H]3CC[C@@]21C. The minimum Gasteiger partial charge on any atom is -0.481 e. The second kappa shape index (κ2) is 6.90. The first-order chi connectivity index (χ1) is 12.8. The monoisotopic (exact) mass is 374 g/mol. The van der Waals surface area contributed by atoms with E-state index in [1.807, 2.05) is 0 Å². The summed E-state index contributed by atoms with van der Waals surface area (Å²) in [6.45, 7) is 7.33. The molecular formula is C24H38O3. The molecule has 3 nitrogen and oxygen atoms in total. The van der Waals surface area contributed by atoms with Crippen molar-refractivity contribution in [1.82, 2.24) is 0 Å². The van der Waals surface area contributed by atoms with Gasteiger partial charge in [-0.2, -0.15) is 0 Å². The lowest BCUT2D eigenvalue weighted by atomic mass is 9.47. The van der Waals surface area contributed by atoms with Gasteiger partial charge in [-0.05, 0) is 98.2 Å². The number of allylic oxidation sites excluding steroid dienone is 1. The van der Waals surface area contributed by atoms with Gasteiger partial charge >= 0.3 is 5.97 Å². The Morgan fingerprint density at radius 1 is 1.19 bits per heavy atom. The average molecular weight is 375 g/mol. The Balaban J connectivity index is 1.54. The molecule has 0 aromatic rings. The lowest BCUT2D eigenvalue weighted by molar-refractivity contribution is -0.137. The van der Waals surface area contributed by atoms with E-state index in [-0.39, 0.29) is 6.10 Å². The Bertz CT molecular complexity index is 625. The highest BCUT2D eigenvalue weighted by Gasteiger charge is 2.59. The quantitative estimate of drug-likeness (QED) is 0.645. The van der Waals surface area contributed by atoms with Crippen molar-refractivity contribution in [1.29, 1.82) is 0 Å². The van der Waals surface area contributed by atoms with Crippen molar-refractivity contribution in [2.75, 3.05) is 0 Å². The molecule has 4 rings (SSSR count). The first-order valence-electron chi connectivity index (χ1n) is 11.3. The molecule has 3 saturated carbocycles. The van der Waals surface area contributed by atoms with Gasteiger partial charge in [-0.1, -0.05) is 32.4 Å².